The van der Waals surface area contributed by atoms with Gasteiger partial charge in [-0.25, -0.2) is 0 Å². The van der Waals surface area contributed by atoms with E-state index in [1.54, 1.807) is 37.7 Å². The first kappa shape index (κ1) is 28.0. The van der Waals surface area contributed by atoms with Gasteiger partial charge in [0, 0.05) is 15.2 Å². The molecule has 0 bridgehead atoms. The van der Waals surface area contributed by atoms with E-state index >= 15 is 0 Å². The Morgan fingerprint density at radius 1 is 0.692 bits per heavy atom. The van der Waals surface area contributed by atoms with Crippen LogP contribution in [0.1, 0.15) is 95.5 Å². The standard InChI is InChI=1S/C37H56Si2/c1-6-7-14-27-21-22-30(25-27)38(2,3)39(4,5)36-24-23-34-35(36)26-29-17-13-20-32(29)37(34)33-19-12-11-18-31(33)28-15-9-8-10-16-28/h8-12,15-16,18-19,27,29-30,32,34-37H,6-7,13-14,17,20-26H2,1-5H3. The number of fused-ring (bicyclic) bond motifs is 2. The molecule has 0 spiro atoms. The van der Waals surface area contributed by atoms with Crippen molar-refractivity contribution in [1.82, 2.24) is 0 Å². The summed E-state index contributed by atoms with van der Waals surface area (Å²) in [5.41, 5.74) is 6.86. The largest absolute Gasteiger partial charge is 0.0711 e. The van der Waals surface area contributed by atoms with Gasteiger partial charge in [0.2, 0.25) is 0 Å². The first-order valence-corrected chi connectivity index (χ1v) is 24.1. The molecule has 6 rings (SSSR count). The topological polar surface area (TPSA) is 0 Å². The Kier molecular flexibility index (Phi) is 8.10. The third-order valence-electron chi connectivity index (χ3n) is 13.6. The molecule has 0 aliphatic heterocycles. The van der Waals surface area contributed by atoms with Crippen LogP contribution < -0.4 is 0 Å². The van der Waals surface area contributed by atoms with Crippen LogP contribution >= 0.6 is 0 Å². The monoisotopic (exact) mass is 556 g/mol. The van der Waals surface area contributed by atoms with Gasteiger partial charge in [-0.05, 0) is 82.5 Å². The fourth-order valence-corrected chi connectivity index (χ4v) is 24.9. The molecule has 0 amide bonds. The SMILES string of the molecule is CCCCC1CCC([Si](C)(C)[Si](C)(C)C2CCC3C2CC2CCCC2C3c2ccccc2-c2ccccc2)C1. The molecular weight excluding hydrogens is 501 g/mol. The zero-order valence-electron chi connectivity index (χ0n) is 25.8. The summed E-state index contributed by atoms with van der Waals surface area (Å²) in [5.74, 6) is 5.69. The van der Waals surface area contributed by atoms with Gasteiger partial charge in [0.05, 0.1) is 0 Å². The summed E-state index contributed by atoms with van der Waals surface area (Å²) in [6.07, 6.45) is 18.2. The lowest BCUT2D eigenvalue weighted by Crippen LogP contribution is -2.61. The summed E-state index contributed by atoms with van der Waals surface area (Å²) in [5, 5.41) is 0. The predicted octanol–water partition coefficient (Wildman–Crippen LogP) is 11.5. The second-order valence-corrected chi connectivity index (χ2v) is 31.7. The van der Waals surface area contributed by atoms with Crippen LogP contribution in [0.25, 0.3) is 11.1 Å². The summed E-state index contributed by atoms with van der Waals surface area (Å²) in [6, 6.07) is 21.0. The molecule has 4 fully saturated rings. The fourth-order valence-electron chi connectivity index (χ4n) is 10.9. The molecule has 4 aliphatic rings. The Hall–Kier alpha value is -1.13. The van der Waals surface area contributed by atoms with E-state index in [4.69, 9.17) is 0 Å². The molecule has 39 heavy (non-hydrogen) atoms. The normalized spacial score (nSPS) is 34.7. The van der Waals surface area contributed by atoms with Gasteiger partial charge in [0.15, 0.2) is 0 Å². The van der Waals surface area contributed by atoms with Gasteiger partial charge in [-0.1, -0.05) is 145 Å². The fraction of sp³-hybridized carbons (Fsp3) is 0.676. The first-order valence-electron chi connectivity index (χ1n) is 17.0. The summed E-state index contributed by atoms with van der Waals surface area (Å²) in [6.45, 7) is 14.0. The number of hydrogen-bond acceptors (Lipinski definition) is 0. The summed E-state index contributed by atoms with van der Waals surface area (Å²) >= 11 is 0. The number of rotatable bonds is 8. The average Bonchev–Trinajstić information content (AvgIpc) is 3.71. The van der Waals surface area contributed by atoms with Crippen molar-refractivity contribution in [2.45, 2.75) is 127 Å². The molecule has 4 aliphatic carbocycles. The van der Waals surface area contributed by atoms with Gasteiger partial charge in [-0.2, -0.15) is 0 Å². The maximum atomic E-state index is 2.92. The van der Waals surface area contributed by atoms with Crippen molar-refractivity contribution in [2.75, 3.05) is 0 Å². The molecule has 0 aromatic heterocycles. The molecule has 8 unspecified atom stereocenters. The van der Waals surface area contributed by atoms with Crippen LogP contribution in [0.15, 0.2) is 54.6 Å². The van der Waals surface area contributed by atoms with Gasteiger partial charge >= 0.3 is 0 Å². The summed E-state index contributed by atoms with van der Waals surface area (Å²) in [4.78, 5) is 0. The zero-order valence-corrected chi connectivity index (χ0v) is 27.8. The lowest BCUT2D eigenvalue weighted by molar-refractivity contribution is 0.122. The van der Waals surface area contributed by atoms with Crippen LogP contribution in [0.4, 0.5) is 0 Å². The van der Waals surface area contributed by atoms with Crippen molar-refractivity contribution in [2.24, 2.45) is 29.6 Å². The van der Waals surface area contributed by atoms with Crippen LogP contribution in [-0.2, 0) is 0 Å². The highest BCUT2D eigenvalue weighted by Crippen LogP contribution is 2.65. The maximum Gasteiger partial charge on any atom is 0.0448 e. The van der Waals surface area contributed by atoms with E-state index in [-0.39, 0.29) is 0 Å². The van der Waals surface area contributed by atoms with Crippen molar-refractivity contribution in [3.05, 3.63) is 60.2 Å². The summed E-state index contributed by atoms with van der Waals surface area (Å²) < 4.78 is 0. The lowest BCUT2D eigenvalue weighted by atomic mass is 9.61. The van der Waals surface area contributed by atoms with Crippen molar-refractivity contribution in [3.63, 3.8) is 0 Å². The highest BCUT2D eigenvalue weighted by molar-refractivity contribution is 7.41. The van der Waals surface area contributed by atoms with E-state index < -0.39 is 15.2 Å². The lowest BCUT2D eigenvalue weighted by Gasteiger charge is -2.52. The Labute approximate surface area is 242 Å². The second-order valence-electron chi connectivity index (χ2n) is 15.5. The van der Waals surface area contributed by atoms with Crippen LogP contribution in [0.5, 0.6) is 0 Å². The first-order chi connectivity index (χ1) is 18.8. The Morgan fingerprint density at radius 2 is 1.46 bits per heavy atom. The highest BCUT2D eigenvalue weighted by Gasteiger charge is 2.59. The molecule has 2 aromatic carbocycles. The molecule has 2 heteroatoms. The minimum Gasteiger partial charge on any atom is -0.0711 e. The Bertz CT molecular complexity index is 1100. The number of unbranched alkanes of at least 4 members (excludes halogenated alkanes) is 1. The van der Waals surface area contributed by atoms with Crippen LogP contribution in [0.2, 0.25) is 37.3 Å². The molecule has 0 heterocycles. The van der Waals surface area contributed by atoms with E-state index in [1.807, 2.05) is 0 Å². The van der Waals surface area contributed by atoms with Crippen molar-refractivity contribution in [1.29, 1.82) is 0 Å². The minimum atomic E-state index is -1.35. The van der Waals surface area contributed by atoms with E-state index in [0.29, 0.717) is 0 Å². The van der Waals surface area contributed by atoms with E-state index in [1.165, 1.54) is 56.1 Å². The average molecular weight is 557 g/mol. The predicted molar refractivity (Wildman–Crippen MR) is 176 cm³/mol. The third-order valence-corrected chi connectivity index (χ3v) is 34.4. The quantitative estimate of drug-likeness (QED) is 0.284. The van der Waals surface area contributed by atoms with E-state index in [2.05, 4.69) is 87.7 Å². The Morgan fingerprint density at radius 3 is 2.26 bits per heavy atom. The van der Waals surface area contributed by atoms with E-state index in [0.717, 1.165) is 46.6 Å². The van der Waals surface area contributed by atoms with Gasteiger partial charge in [0.25, 0.3) is 0 Å². The van der Waals surface area contributed by atoms with Gasteiger partial charge in [-0.15, -0.1) is 0 Å². The molecule has 8 atom stereocenters. The molecule has 0 radical (unpaired) electrons. The van der Waals surface area contributed by atoms with Gasteiger partial charge in [0.1, 0.15) is 0 Å². The van der Waals surface area contributed by atoms with Gasteiger partial charge in [-0.3, -0.25) is 0 Å². The molecule has 0 N–H and O–H groups in total. The molecule has 0 nitrogen and oxygen atoms in total. The molecule has 2 aromatic rings. The summed E-state index contributed by atoms with van der Waals surface area (Å²) in [7, 11) is -2.62. The Balaban J connectivity index is 1.30. The second kappa shape index (κ2) is 11.3. The molecule has 0 saturated heterocycles. The minimum absolute atomic E-state index is 0.789. The van der Waals surface area contributed by atoms with Crippen LogP contribution in [0.3, 0.4) is 0 Å². The van der Waals surface area contributed by atoms with E-state index in [9.17, 15) is 0 Å². The molecule has 212 valence electrons. The number of benzene rings is 2. The van der Waals surface area contributed by atoms with Crippen molar-refractivity contribution in [3.8, 4) is 11.1 Å². The van der Waals surface area contributed by atoms with Gasteiger partial charge < -0.3 is 0 Å². The smallest absolute Gasteiger partial charge is 0.0448 e. The van der Waals surface area contributed by atoms with Crippen LogP contribution in [0, 0.1) is 29.6 Å². The molecular formula is C37H56Si2. The number of hydrogen-bond donors (Lipinski definition) is 0. The van der Waals surface area contributed by atoms with Crippen molar-refractivity contribution >= 4 is 15.2 Å². The maximum absolute atomic E-state index is 2.92. The zero-order chi connectivity index (χ0) is 27.2. The highest BCUT2D eigenvalue weighted by atomic mass is 29.3. The third kappa shape index (κ3) is 4.98. The van der Waals surface area contributed by atoms with Crippen molar-refractivity contribution < 1.29 is 0 Å². The van der Waals surface area contributed by atoms with Crippen LogP contribution in [-0.4, -0.2) is 15.2 Å². The molecule has 4 saturated carbocycles.